The molecule has 0 unspecified atom stereocenters. The Bertz CT molecular complexity index is 1010. The van der Waals surface area contributed by atoms with Gasteiger partial charge < -0.3 is 0 Å². The molecular weight excluding hydrogens is 345 g/mol. The Morgan fingerprint density at radius 1 is 1.20 bits per heavy atom. The number of aromatic nitrogens is 4. The molecule has 3 rings (SSSR count). The first-order valence-corrected chi connectivity index (χ1v) is 9.04. The highest BCUT2D eigenvalue weighted by Crippen LogP contribution is 2.22. The molecule has 25 heavy (non-hydrogen) atoms. The first-order valence-electron chi connectivity index (χ1n) is 7.56. The van der Waals surface area contributed by atoms with E-state index in [1.54, 1.807) is 43.9 Å². The molecular formula is C16H18FN5O2S. The summed E-state index contributed by atoms with van der Waals surface area (Å²) in [5.41, 5.74) is 2.21. The molecule has 0 radical (unpaired) electrons. The molecule has 3 aromatic rings. The van der Waals surface area contributed by atoms with E-state index in [0.29, 0.717) is 23.6 Å². The highest BCUT2D eigenvalue weighted by molar-refractivity contribution is 7.92. The Kier molecular flexibility index (Phi) is 4.34. The van der Waals surface area contributed by atoms with Crippen molar-refractivity contribution in [2.75, 3.05) is 4.72 Å². The molecule has 9 heteroatoms. The maximum Gasteiger partial charge on any atom is 0.265 e. The van der Waals surface area contributed by atoms with Gasteiger partial charge in [-0.05, 0) is 31.5 Å². The van der Waals surface area contributed by atoms with Gasteiger partial charge in [0.2, 0.25) is 0 Å². The summed E-state index contributed by atoms with van der Waals surface area (Å²) in [7, 11) is -2.06. The molecule has 0 atom stereocenters. The summed E-state index contributed by atoms with van der Waals surface area (Å²) in [6.45, 7) is 3.76. The highest BCUT2D eigenvalue weighted by Gasteiger charge is 2.24. The van der Waals surface area contributed by atoms with Crippen LogP contribution in [0.25, 0.3) is 0 Å². The van der Waals surface area contributed by atoms with Gasteiger partial charge in [-0.25, -0.2) is 12.8 Å². The van der Waals surface area contributed by atoms with Crippen molar-refractivity contribution in [3.63, 3.8) is 0 Å². The van der Waals surface area contributed by atoms with Gasteiger partial charge in [0, 0.05) is 13.2 Å². The van der Waals surface area contributed by atoms with Crippen LogP contribution in [-0.2, 0) is 23.6 Å². The van der Waals surface area contributed by atoms with Crippen LogP contribution in [0.15, 0.2) is 41.6 Å². The molecule has 1 aromatic carbocycles. The van der Waals surface area contributed by atoms with Crippen LogP contribution in [0.2, 0.25) is 0 Å². The van der Waals surface area contributed by atoms with Gasteiger partial charge >= 0.3 is 0 Å². The topological polar surface area (TPSA) is 81.8 Å². The fourth-order valence-electron chi connectivity index (χ4n) is 2.63. The Balaban J connectivity index is 1.79. The van der Waals surface area contributed by atoms with Crippen molar-refractivity contribution in [3.05, 3.63) is 59.4 Å². The van der Waals surface area contributed by atoms with Gasteiger partial charge in [0.15, 0.2) is 0 Å². The summed E-state index contributed by atoms with van der Waals surface area (Å²) < 4.78 is 43.8. The second kappa shape index (κ2) is 6.32. The summed E-state index contributed by atoms with van der Waals surface area (Å²) in [5.74, 6) is -0.306. The minimum absolute atomic E-state index is 0.168. The van der Waals surface area contributed by atoms with Crippen molar-refractivity contribution >= 4 is 15.7 Å². The normalized spacial score (nSPS) is 11.7. The van der Waals surface area contributed by atoms with E-state index in [9.17, 15) is 12.8 Å². The molecule has 7 nitrogen and oxygen atoms in total. The largest absolute Gasteiger partial charge is 0.276 e. The number of hydrogen-bond donors (Lipinski definition) is 1. The monoisotopic (exact) mass is 363 g/mol. The molecule has 0 saturated carbocycles. The molecule has 1 N–H and O–H groups in total. The Hall–Kier alpha value is -2.68. The summed E-state index contributed by atoms with van der Waals surface area (Å²) in [4.78, 5) is 0.168. The smallest absolute Gasteiger partial charge is 0.265 e. The average Bonchev–Trinajstić information content (AvgIpc) is 3.05. The zero-order chi connectivity index (χ0) is 18.2. The van der Waals surface area contributed by atoms with Crippen molar-refractivity contribution < 1.29 is 12.8 Å². The maximum atomic E-state index is 12.9. The number of halogens is 1. The molecule has 0 saturated heterocycles. The molecule has 0 amide bonds. The summed E-state index contributed by atoms with van der Waals surface area (Å²) in [6.07, 6.45) is 3.02. The van der Waals surface area contributed by atoms with Gasteiger partial charge in [-0.15, -0.1) is 0 Å². The Morgan fingerprint density at radius 2 is 1.88 bits per heavy atom. The van der Waals surface area contributed by atoms with E-state index in [2.05, 4.69) is 14.9 Å². The van der Waals surface area contributed by atoms with E-state index < -0.39 is 10.0 Å². The SMILES string of the molecule is Cc1nn(C)c(C)c1S(=O)(=O)Nc1cnn(Cc2ccc(F)cc2)c1. The minimum atomic E-state index is -3.76. The lowest BCUT2D eigenvalue weighted by molar-refractivity contribution is 0.599. The highest BCUT2D eigenvalue weighted by atomic mass is 32.2. The van der Waals surface area contributed by atoms with Crippen LogP contribution in [0.5, 0.6) is 0 Å². The van der Waals surface area contributed by atoms with Crippen LogP contribution in [0.3, 0.4) is 0 Å². The van der Waals surface area contributed by atoms with Gasteiger partial charge in [0.25, 0.3) is 10.0 Å². The van der Waals surface area contributed by atoms with Crippen LogP contribution < -0.4 is 4.72 Å². The predicted molar refractivity (Wildman–Crippen MR) is 91.2 cm³/mol. The number of anilines is 1. The number of rotatable bonds is 5. The average molecular weight is 363 g/mol. The molecule has 2 heterocycles. The zero-order valence-electron chi connectivity index (χ0n) is 14.1. The Morgan fingerprint density at radius 3 is 2.48 bits per heavy atom. The van der Waals surface area contributed by atoms with Gasteiger partial charge in [-0.3, -0.25) is 14.1 Å². The molecule has 0 fully saturated rings. The number of aryl methyl sites for hydroxylation is 2. The van der Waals surface area contributed by atoms with Gasteiger partial charge in [-0.1, -0.05) is 12.1 Å². The summed E-state index contributed by atoms with van der Waals surface area (Å²) in [6, 6.07) is 6.05. The van der Waals surface area contributed by atoms with Crippen LogP contribution >= 0.6 is 0 Å². The van der Waals surface area contributed by atoms with E-state index in [0.717, 1.165) is 5.56 Å². The van der Waals surface area contributed by atoms with Gasteiger partial charge in [0.05, 0.1) is 29.8 Å². The molecule has 0 aliphatic heterocycles. The molecule has 132 valence electrons. The fourth-order valence-corrected chi connectivity index (χ4v) is 4.10. The Labute approximate surface area is 145 Å². The van der Waals surface area contributed by atoms with E-state index >= 15 is 0 Å². The molecule has 2 aromatic heterocycles. The number of sulfonamides is 1. The quantitative estimate of drug-likeness (QED) is 0.754. The third-order valence-electron chi connectivity index (χ3n) is 3.85. The first kappa shape index (κ1) is 17.2. The predicted octanol–water partition coefficient (Wildman–Crippen LogP) is 2.22. The maximum absolute atomic E-state index is 12.9. The number of nitrogens with one attached hydrogen (secondary N) is 1. The molecule has 0 aliphatic carbocycles. The van der Waals surface area contributed by atoms with Gasteiger partial charge in [-0.2, -0.15) is 10.2 Å². The molecule has 0 spiro atoms. The van der Waals surface area contributed by atoms with Crippen molar-refractivity contribution in [1.29, 1.82) is 0 Å². The fraction of sp³-hybridized carbons (Fsp3) is 0.250. The lowest BCUT2D eigenvalue weighted by Crippen LogP contribution is -2.14. The second-order valence-electron chi connectivity index (χ2n) is 5.78. The lowest BCUT2D eigenvalue weighted by Gasteiger charge is -2.06. The number of hydrogen-bond acceptors (Lipinski definition) is 4. The summed E-state index contributed by atoms with van der Waals surface area (Å²) in [5, 5.41) is 8.27. The second-order valence-corrected chi connectivity index (χ2v) is 7.40. The third-order valence-corrected chi connectivity index (χ3v) is 5.49. The van der Waals surface area contributed by atoms with Crippen LogP contribution in [0.4, 0.5) is 10.1 Å². The van der Waals surface area contributed by atoms with E-state index in [4.69, 9.17) is 0 Å². The van der Waals surface area contributed by atoms with E-state index in [1.807, 2.05) is 0 Å². The molecule has 0 bridgehead atoms. The lowest BCUT2D eigenvalue weighted by atomic mass is 10.2. The summed E-state index contributed by atoms with van der Waals surface area (Å²) >= 11 is 0. The van der Waals surface area contributed by atoms with Gasteiger partial charge in [0.1, 0.15) is 10.7 Å². The van der Waals surface area contributed by atoms with Crippen molar-refractivity contribution in [2.24, 2.45) is 7.05 Å². The van der Waals surface area contributed by atoms with Crippen molar-refractivity contribution in [3.8, 4) is 0 Å². The third kappa shape index (κ3) is 3.55. The molecule has 0 aliphatic rings. The number of benzene rings is 1. The standard InChI is InChI=1S/C16H18FN5O2S/c1-11-16(12(2)21(3)19-11)25(23,24)20-15-8-18-22(10-15)9-13-4-6-14(17)7-5-13/h4-8,10,20H,9H2,1-3H3. The minimum Gasteiger partial charge on any atom is -0.276 e. The van der Waals surface area contributed by atoms with E-state index in [-0.39, 0.29) is 10.7 Å². The van der Waals surface area contributed by atoms with E-state index in [1.165, 1.54) is 23.0 Å². The first-order chi connectivity index (χ1) is 11.8. The number of nitrogens with zero attached hydrogens (tertiary/aromatic N) is 4. The zero-order valence-corrected chi connectivity index (χ0v) is 14.9. The van der Waals surface area contributed by atoms with Crippen molar-refractivity contribution in [2.45, 2.75) is 25.3 Å². The van der Waals surface area contributed by atoms with Crippen LogP contribution in [0.1, 0.15) is 17.0 Å². The van der Waals surface area contributed by atoms with Crippen LogP contribution in [0, 0.1) is 19.7 Å². The van der Waals surface area contributed by atoms with Crippen molar-refractivity contribution in [1.82, 2.24) is 19.6 Å². The van der Waals surface area contributed by atoms with Crippen LogP contribution in [-0.4, -0.2) is 28.0 Å².